The SMILES string of the molecule is C1=C/CCCCCCCCCC/1.C1=C\CCCCCCCCCC/1. The van der Waals surface area contributed by atoms with Crippen molar-refractivity contribution in [1.82, 2.24) is 0 Å². The molecule has 24 heavy (non-hydrogen) atoms. The summed E-state index contributed by atoms with van der Waals surface area (Å²) in [6.07, 6.45) is 38.0. The van der Waals surface area contributed by atoms with E-state index in [1.807, 2.05) is 0 Å². The van der Waals surface area contributed by atoms with Gasteiger partial charge in [0.1, 0.15) is 0 Å². The number of rotatable bonds is 0. The van der Waals surface area contributed by atoms with Crippen LogP contribution >= 0.6 is 0 Å². The third-order valence-corrected chi connectivity index (χ3v) is 5.32. The first-order valence-corrected chi connectivity index (χ1v) is 11.3. The van der Waals surface area contributed by atoms with Crippen LogP contribution in [0, 0.1) is 0 Å². The summed E-state index contributed by atoms with van der Waals surface area (Å²) >= 11 is 0. The average molecular weight is 333 g/mol. The van der Waals surface area contributed by atoms with Crippen LogP contribution in [0.2, 0.25) is 0 Å². The third-order valence-electron chi connectivity index (χ3n) is 5.32. The van der Waals surface area contributed by atoms with Crippen LogP contribution in [0.3, 0.4) is 0 Å². The molecule has 0 unspecified atom stereocenters. The Hall–Kier alpha value is -0.520. The van der Waals surface area contributed by atoms with Gasteiger partial charge in [-0.15, -0.1) is 0 Å². The fourth-order valence-corrected chi connectivity index (χ4v) is 3.64. The summed E-state index contributed by atoms with van der Waals surface area (Å²) in [6.45, 7) is 0. The smallest absolute Gasteiger partial charge is 0.0351 e. The minimum atomic E-state index is 1.32. The van der Waals surface area contributed by atoms with Crippen LogP contribution < -0.4 is 0 Å². The molecule has 0 heterocycles. The largest absolute Gasteiger partial charge is 0.0885 e. The molecular formula is C24H44. The summed E-state index contributed by atoms with van der Waals surface area (Å²) in [7, 11) is 0. The van der Waals surface area contributed by atoms with Crippen LogP contribution in [0.5, 0.6) is 0 Å². The molecule has 0 aromatic rings. The van der Waals surface area contributed by atoms with Gasteiger partial charge in [0, 0.05) is 0 Å². The Morgan fingerprint density at radius 3 is 0.583 bits per heavy atom. The topological polar surface area (TPSA) is 0 Å². The zero-order chi connectivity index (χ0) is 17.0. The first-order valence-electron chi connectivity index (χ1n) is 11.3. The van der Waals surface area contributed by atoms with Crippen molar-refractivity contribution in [2.45, 2.75) is 128 Å². The lowest BCUT2D eigenvalue weighted by Gasteiger charge is -2.02. The molecule has 0 amide bonds. The molecule has 0 saturated heterocycles. The molecule has 0 fully saturated rings. The van der Waals surface area contributed by atoms with Gasteiger partial charge < -0.3 is 0 Å². The van der Waals surface area contributed by atoms with Gasteiger partial charge in [0.15, 0.2) is 0 Å². The zero-order valence-corrected chi connectivity index (χ0v) is 16.5. The molecule has 0 nitrogen and oxygen atoms in total. The molecule has 2 aliphatic rings. The molecule has 2 rings (SSSR count). The van der Waals surface area contributed by atoms with Crippen LogP contribution in [0.4, 0.5) is 0 Å². The van der Waals surface area contributed by atoms with Crippen molar-refractivity contribution >= 4 is 0 Å². The lowest BCUT2D eigenvalue weighted by atomic mass is 10.0. The van der Waals surface area contributed by atoms with Gasteiger partial charge in [-0.3, -0.25) is 0 Å². The highest BCUT2D eigenvalue weighted by Gasteiger charge is 1.93. The van der Waals surface area contributed by atoms with Gasteiger partial charge in [0.2, 0.25) is 0 Å². The minimum absolute atomic E-state index is 1.32. The summed E-state index contributed by atoms with van der Waals surface area (Å²) in [5, 5.41) is 0. The van der Waals surface area contributed by atoms with Crippen LogP contribution in [0.15, 0.2) is 24.3 Å². The Bertz CT molecular complexity index is 228. The normalized spacial score (nSPS) is 25.3. The number of hydrogen-bond acceptors (Lipinski definition) is 0. The molecule has 0 aromatic carbocycles. The molecule has 0 spiro atoms. The van der Waals surface area contributed by atoms with Gasteiger partial charge in [-0.2, -0.15) is 0 Å². The van der Waals surface area contributed by atoms with Crippen molar-refractivity contribution in [3.63, 3.8) is 0 Å². The standard InChI is InChI=1S/2C12H22/c2*1-2-4-6-8-10-12-11-9-7-5-3-1/h2*1-2H,3-12H2/b2-1+;2-1-. The van der Waals surface area contributed by atoms with E-state index in [9.17, 15) is 0 Å². The minimum Gasteiger partial charge on any atom is -0.0885 e. The Morgan fingerprint density at radius 2 is 0.375 bits per heavy atom. The van der Waals surface area contributed by atoms with Crippen LogP contribution in [0.1, 0.15) is 128 Å². The van der Waals surface area contributed by atoms with E-state index in [4.69, 9.17) is 0 Å². The molecule has 0 aromatic heterocycles. The maximum Gasteiger partial charge on any atom is -0.0351 e. The second-order valence-corrected chi connectivity index (χ2v) is 7.75. The fraction of sp³-hybridized carbons (Fsp3) is 0.833. The molecule has 0 bridgehead atoms. The molecule has 0 saturated carbocycles. The molecule has 0 heteroatoms. The maximum absolute atomic E-state index is 2.38. The second-order valence-electron chi connectivity index (χ2n) is 7.75. The highest BCUT2D eigenvalue weighted by atomic mass is 14.0. The predicted molar refractivity (Wildman–Crippen MR) is 111 cm³/mol. The van der Waals surface area contributed by atoms with Crippen molar-refractivity contribution in [2.75, 3.05) is 0 Å². The molecule has 140 valence electrons. The summed E-state index contributed by atoms with van der Waals surface area (Å²) in [4.78, 5) is 0. The van der Waals surface area contributed by atoms with Crippen LogP contribution in [0.25, 0.3) is 0 Å². The third kappa shape index (κ3) is 16.3. The summed E-state index contributed by atoms with van der Waals surface area (Å²) in [5.41, 5.74) is 0. The van der Waals surface area contributed by atoms with E-state index in [1.165, 1.54) is 128 Å². The monoisotopic (exact) mass is 332 g/mol. The van der Waals surface area contributed by atoms with Gasteiger partial charge in [0.05, 0.1) is 0 Å². The van der Waals surface area contributed by atoms with Gasteiger partial charge >= 0.3 is 0 Å². The number of allylic oxidation sites excluding steroid dienone is 4. The predicted octanol–water partition coefficient (Wildman–Crippen LogP) is 8.91. The van der Waals surface area contributed by atoms with E-state index in [1.54, 1.807) is 0 Å². The quantitative estimate of drug-likeness (QED) is 0.388. The van der Waals surface area contributed by atoms with Crippen molar-refractivity contribution < 1.29 is 0 Å². The second kappa shape index (κ2) is 18.8. The first-order chi connectivity index (χ1) is 12.0. The van der Waals surface area contributed by atoms with Gasteiger partial charge in [-0.1, -0.05) is 101 Å². The lowest BCUT2D eigenvalue weighted by Crippen LogP contribution is -1.82. The van der Waals surface area contributed by atoms with Crippen molar-refractivity contribution in [1.29, 1.82) is 0 Å². The molecule has 0 radical (unpaired) electrons. The van der Waals surface area contributed by atoms with E-state index in [2.05, 4.69) is 24.3 Å². The Morgan fingerprint density at radius 1 is 0.208 bits per heavy atom. The van der Waals surface area contributed by atoms with Crippen LogP contribution in [-0.4, -0.2) is 0 Å². The zero-order valence-electron chi connectivity index (χ0n) is 16.5. The molecular weight excluding hydrogens is 288 g/mol. The lowest BCUT2D eigenvalue weighted by molar-refractivity contribution is 0.566. The molecule has 0 N–H and O–H groups in total. The summed E-state index contributed by atoms with van der Waals surface area (Å²) < 4.78 is 0. The van der Waals surface area contributed by atoms with Gasteiger partial charge in [0.25, 0.3) is 0 Å². The Balaban J connectivity index is 0.000000240. The highest BCUT2D eigenvalue weighted by molar-refractivity contribution is 4.82. The molecule has 0 atom stereocenters. The van der Waals surface area contributed by atoms with Gasteiger partial charge in [-0.25, -0.2) is 0 Å². The molecule has 2 aliphatic carbocycles. The summed E-state index contributed by atoms with van der Waals surface area (Å²) in [6, 6.07) is 0. The van der Waals surface area contributed by atoms with E-state index >= 15 is 0 Å². The Labute approximate surface area is 153 Å². The number of hydrogen-bond donors (Lipinski definition) is 0. The van der Waals surface area contributed by atoms with Crippen molar-refractivity contribution in [2.24, 2.45) is 0 Å². The van der Waals surface area contributed by atoms with E-state index in [0.717, 1.165) is 0 Å². The fourth-order valence-electron chi connectivity index (χ4n) is 3.64. The van der Waals surface area contributed by atoms with E-state index in [0.29, 0.717) is 0 Å². The average Bonchev–Trinajstić information content (AvgIpc) is 2.56. The van der Waals surface area contributed by atoms with Crippen molar-refractivity contribution in [3.05, 3.63) is 24.3 Å². The van der Waals surface area contributed by atoms with E-state index in [-0.39, 0.29) is 0 Å². The van der Waals surface area contributed by atoms with E-state index < -0.39 is 0 Å². The highest BCUT2D eigenvalue weighted by Crippen LogP contribution is 2.13. The van der Waals surface area contributed by atoms with Gasteiger partial charge in [-0.05, 0) is 51.4 Å². The van der Waals surface area contributed by atoms with Crippen LogP contribution in [-0.2, 0) is 0 Å². The first kappa shape index (κ1) is 21.5. The molecule has 0 aliphatic heterocycles. The summed E-state index contributed by atoms with van der Waals surface area (Å²) in [5.74, 6) is 0. The maximum atomic E-state index is 2.38. The van der Waals surface area contributed by atoms with Crippen molar-refractivity contribution in [3.8, 4) is 0 Å². The Kier molecular flexibility index (Phi) is 16.9.